The molecule has 170 valence electrons. The Hall–Kier alpha value is -2.87. The number of aromatic nitrogens is 1. The second kappa shape index (κ2) is 10.4. The smallest absolute Gasteiger partial charge is 0.418 e. The number of aliphatic carboxylic acids is 1. The molecular weight excluding hydrogens is 400 g/mol. The van der Waals surface area contributed by atoms with Crippen molar-refractivity contribution in [1.82, 2.24) is 9.47 Å². The number of nitrogens with zero attached hydrogens (tertiary/aromatic N) is 2. The van der Waals surface area contributed by atoms with E-state index >= 15 is 0 Å². The minimum atomic E-state index is -1.03. The quantitative estimate of drug-likeness (QED) is 0.605. The van der Waals surface area contributed by atoms with Gasteiger partial charge in [0.05, 0.1) is 11.4 Å². The predicted molar refractivity (Wildman–Crippen MR) is 117 cm³/mol. The van der Waals surface area contributed by atoms with Gasteiger partial charge < -0.3 is 19.5 Å². The maximum Gasteiger partial charge on any atom is 0.418 e. The Labute approximate surface area is 182 Å². The average molecular weight is 433 g/mol. The zero-order valence-corrected chi connectivity index (χ0v) is 18.9. The molecule has 0 fully saturated rings. The first-order valence-corrected chi connectivity index (χ1v) is 10.3. The number of ether oxygens (including phenoxy) is 2. The summed E-state index contributed by atoms with van der Waals surface area (Å²) in [7, 11) is 3.97. The van der Waals surface area contributed by atoms with Gasteiger partial charge in [-0.3, -0.25) is 14.2 Å². The summed E-state index contributed by atoms with van der Waals surface area (Å²) in [6, 6.07) is 7.56. The van der Waals surface area contributed by atoms with E-state index in [1.807, 2.05) is 38.4 Å². The third-order valence-electron chi connectivity index (χ3n) is 4.67. The third kappa shape index (κ3) is 7.40. The number of para-hydroxylation sites is 1. The lowest BCUT2D eigenvalue weighted by atomic mass is 10.0. The van der Waals surface area contributed by atoms with Crippen molar-refractivity contribution < 1.29 is 29.0 Å². The largest absolute Gasteiger partial charge is 0.481 e. The van der Waals surface area contributed by atoms with Crippen LogP contribution in [0.1, 0.15) is 39.2 Å². The average Bonchev–Trinajstić information content (AvgIpc) is 3.03. The van der Waals surface area contributed by atoms with Crippen LogP contribution in [0, 0.1) is 5.92 Å². The summed E-state index contributed by atoms with van der Waals surface area (Å²) in [5.74, 6) is -2.46. The van der Waals surface area contributed by atoms with Crippen molar-refractivity contribution in [2.75, 3.05) is 27.2 Å². The number of hydrogen-bond donors (Lipinski definition) is 1. The van der Waals surface area contributed by atoms with E-state index in [-0.39, 0.29) is 19.4 Å². The van der Waals surface area contributed by atoms with E-state index in [0.717, 1.165) is 29.4 Å². The number of carboxylic acids is 1. The van der Waals surface area contributed by atoms with Gasteiger partial charge in [0.15, 0.2) is 0 Å². The van der Waals surface area contributed by atoms with Gasteiger partial charge in [-0.05, 0) is 59.3 Å². The minimum Gasteiger partial charge on any atom is -0.481 e. The molecule has 0 aliphatic heterocycles. The second-order valence-corrected chi connectivity index (χ2v) is 8.83. The summed E-state index contributed by atoms with van der Waals surface area (Å²) in [5.41, 5.74) is 1.03. The molecule has 8 heteroatoms. The summed E-state index contributed by atoms with van der Waals surface area (Å²) in [4.78, 5) is 38.3. The summed E-state index contributed by atoms with van der Waals surface area (Å²) >= 11 is 0. The first-order chi connectivity index (χ1) is 14.5. The van der Waals surface area contributed by atoms with Crippen molar-refractivity contribution in [3.8, 4) is 0 Å². The van der Waals surface area contributed by atoms with E-state index < -0.39 is 29.6 Å². The Morgan fingerprint density at radius 3 is 2.45 bits per heavy atom. The van der Waals surface area contributed by atoms with Crippen molar-refractivity contribution in [3.05, 3.63) is 36.0 Å². The van der Waals surface area contributed by atoms with Gasteiger partial charge >= 0.3 is 18.0 Å². The molecule has 0 radical (unpaired) electrons. The molecule has 0 aliphatic carbocycles. The zero-order valence-electron chi connectivity index (χ0n) is 18.9. The lowest BCUT2D eigenvalue weighted by molar-refractivity contribution is -0.161. The maximum absolute atomic E-state index is 12.8. The number of esters is 1. The fraction of sp³-hybridized carbons (Fsp3) is 0.522. The van der Waals surface area contributed by atoms with Crippen LogP contribution in [0.4, 0.5) is 4.79 Å². The van der Waals surface area contributed by atoms with Crippen LogP contribution in [-0.4, -0.2) is 65.5 Å². The highest BCUT2D eigenvalue weighted by atomic mass is 16.6. The number of carbonyl (C=O) groups excluding carboxylic acids is 2. The topological polar surface area (TPSA) is 98.1 Å². The van der Waals surface area contributed by atoms with Crippen molar-refractivity contribution in [2.24, 2.45) is 5.92 Å². The summed E-state index contributed by atoms with van der Waals surface area (Å²) in [6.07, 6.45) is 1.72. The van der Waals surface area contributed by atoms with Gasteiger partial charge in [0.2, 0.25) is 0 Å². The van der Waals surface area contributed by atoms with Gasteiger partial charge in [-0.25, -0.2) is 4.79 Å². The summed E-state index contributed by atoms with van der Waals surface area (Å²) < 4.78 is 12.2. The molecule has 1 aromatic heterocycles. The molecular formula is C23H32N2O6. The van der Waals surface area contributed by atoms with Crippen molar-refractivity contribution in [3.63, 3.8) is 0 Å². The number of fused-ring (bicyclic) bond motifs is 1. The van der Waals surface area contributed by atoms with Gasteiger partial charge in [-0.2, -0.15) is 0 Å². The fourth-order valence-electron chi connectivity index (χ4n) is 3.14. The highest BCUT2D eigenvalue weighted by molar-refractivity contribution is 5.92. The van der Waals surface area contributed by atoms with Crippen LogP contribution in [0.2, 0.25) is 0 Å². The third-order valence-corrected chi connectivity index (χ3v) is 4.67. The highest BCUT2D eigenvalue weighted by Crippen LogP contribution is 2.23. The highest BCUT2D eigenvalue weighted by Gasteiger charge is 2.27. The van der Waals surface area contributed by atoms with Gasteiger partial charge in [0.1, 0.15) is 12.2 Å². The number of benzene rings is 1. The molecule has 1 unspecified atom stereocenters. The lowest BCUT2D eigenvalue weighted by Crippen LogP contribution is -2.32. The molecule has 0 aliphatic rings. The molecule has 0 saturated carbocycles. The monoisotopic (exact) mass is 432 g/mol. The van der Waals surface area contributed by atoms with Crippen molar-refractivity contribution in [2.45, 2.75) is 45.6 Å². The molecule has 1 heterocycles. The lowest BCUT2D eigenvalue weighted by Gasteiger charge is -2.23. The van der Waals surface area contributed by atoms with Gasteiger partial charge in [-0.1, -0.05) is 18.2 Å². The van der Waals surface area contributed by atoms with Crippen molar-refractivity contribution in [1.29, 1.82) is 0 Å². The summed E-state index contributed by atoms with van der Waals surface area (Å²) in [5, 5.41) is 9.94. The number of carbonyl (C=O) groups is 3. The van der Waals surface area contributed by atoms with Crippen LogP contribution >= 0.6 is 0 Å². The molecule has 2 aromatic rings. The molecule has 0 amide bonds. The van der Waals surface area contributed by atoms with Crippen LogP contribution in [0.5, 0.6) is 0 Å². The van der Waals surface area contributed by atoms with E-state index in [1.165, 1.54) is 4.57 Å². The number of rotatable bonds is 9. The van der Waals surface area contributed by atoms with E-state index in [2.05, 4.69) is 4.90 Å². The SMILES string of the molecule is CN(C)CCc1cn(C(=O)OCC(CCC(=O)O)C(=O)OC(C)(C)C)c2ccccc12. The van der Waals surface area contributed by atoms with Crippen molar-refractivity contribution >= 4 is 28.9 Å². The molecule has 0 spiro atoms. The maximum atomic E-state index is 12.8. The fourth-order valence-corrected chi connectivity index (χ4v) is 3.14. The Morgan fingerprint density at radius 2 is 1.84 bits per heavy atom. The molecule has 0 saturated heterocycles. The standard InChI is InChI=1S/C23H32N2O6/c1-23(2,3)31-21(28)17(10-11-20(26)27)15-30-22(29)25-14-16(12-13-24(4)5)18-8-6-7-9-19(18)25/h6-9,14,17H,10-13,15H2,1-5H3,(H,26,27). The van der Waals surface area contributed by atoms with E-state index in [9.17, 15) is 14.4 Å². The van der Waals surface area contributed by atoms with E-state index in [4.69, 9.17) is 14.6 Å². The number of likely N-dealkylation sites (N-methyl/N-ethyl adjacent to an activating group) is 1. The first-order valence-electron chi connectivity index (χ1n) is 10.3. The number of hydrogen-bond acceptors (Lipinski definition) is 6. The van der Waals surface area contributed by atoms with Gasteiger partial charge in [-0.15, -0.1) is 0 Å². The van der Waals surface area contributed by atoms with Crippen LogP contribution in [-0.2, 0) is 25.5 Å². The zero-order chi connectivity index (χ0) is 23.2. The van der Waals surface area contributed by atoms with Crippen LogP contribution < -0.4 is 0 Å². The number of carboxylic acid groups (broad SMARTS) is 1. The van der Waals surface area contributed by atoms with Crippen LogP contribution in [0.3, 0.4) is 0 Å². The second-order valence-electron chi connectivity index (χ2n) is 8.83. The van der Waals surface area contributed by atoms with E-state index in [0.29, 0.717) is 0 Å². The van der Waals surface area contributed by atoms with E-state index in [1.54, 1.807) is 27.0 Å². The molecule has 2 rings (SSSR count). The molecule has 31 heavy (non-hydrogen) atoms. The normalized spacial score (nSPS) is 12.7. The Morgan fingerprint density at radius 1 is 1.16 bits per heavy atom. The first kappa shape index (κ1) is 24.4. The Kier molecular flexibility index (Phi) is 8.21. The minimum absolute atomic E-state index is 0.0258. The molecule has 1 aromatic carbocycles. The molecule has 1 atom stereocenters. The Bertz CT molecular complexity index is 926. The predicted octanol–water partition coefficient (Wildman–Crippen LogP) is 3.55. The van der Waals surface area contributed by atoms with Crippen LogP contribution in [0.25, 0.3) is 10.9 Å². The van der Waals surface area contributed by atoms with Crippen LogP contribution in [0.15, 0.2) is 30.5 Å². The molecule has 0 bridgehead atoms. The Balaban J connectivity index is 2.17. The molecule has 8 nitrogen and oxygen atoms in total. The molecule has 1 N–H and O–H groups in total. The van der Waals surface area contributed by atoms with Gasteiger partial charge in [0, 0.05) is 24.5 Å². The summed E-state index contributed by atoms with van der Waals surface area (Å²) in [6.45, 7) is 5.77. The van der Waals surface area contributed by atoms with Gasteiger partial charge in [0.25, 0.3) is 0 Å².